The first kappa shape index (κ1) is 15.4. The van der Waals surface area contributed by atoms with E-state index >= 15 is 0 Å². The van der Waals surface area contributed by atoms with Gasteiger partial charge in [0.2, 0.25) is 9.84 Å². The van der Waals surface area contributed by atoms with Gasteiger partial charge < -0.3 is 5.73 Å². The number of anilines is 1. The lowest BCUT2D eigenvalue weighted by molar-refractivity contribution is -0.384. The molecule has 0 aliphatic heterocycles. The Morgan fingerprint density at radius 3 is 1.91 bits per heavy atom. The third-order valence-corrected chi connectivity index (χ3v) is 4.63. The maximum atomic E-state index is 12.4. The molecular weight excluding hydrogens is 314 g/mol. The Bertz CT molecular complexity index is 861. The summed E-state index contributed by atoms with van der Waals surface area (Å²) in [6.07, 6.45) is 0. The lowest BCUT2D eigenvalue weighted by Crippen LogP contribution is -2.04. The Labute approximate surface area is 124 Å². The van der Waals surface area contributed by atoms with Crippen LogP contribution < -0.4 is 5.73 Å². The molecule has 0 atom stereocenters. The van der Waals surface area contributed by atoms with Gasteiger partial charge in [-0.1, -0.05) is 0 Å². The highest BCUT2D eigenvalue weighted by atomic mass is 32.2. The number of nitrogens with zero attached hydrogens (tertiary/aromatic N) is 2. The molecule has 9 nitrogen and oxygen atoms in total. The molecule has 2 rings (SSSR count). The van der Waals surface area contributed by atoms with Crippen LogP contribution in [-0.4, -0.2) is 18.3 Å². The summed E-state index contributed by atoms with van der Waals surface area (Å²) in [6.45, 7) is 0. The topological polar surface area (TPSA) is 146 Å². The van der Waals surface area contributed by atoms with Gasteiger partial charge in [0.05, 0.1) is 19.6 Å². The van der Waals surface area contributed by atoms with Crippen LogP contribution in [0.15, 0.2) is 52.3 Å². The Kier molecular flexibility index (Phi) is 3.78. The molecule has 0 spiro atoms. The molecule has 114 valence electrons. The van der Waals surface area contributed by atoms with Crippen LogP contribution in [0.5, 0.6) is 0 Å². The van der Waals surface area contributed by atoms with Crippen molar-refractivity contribution in [2.75, 3.05) is 5.73 Å². The Balaban J connectivity index is 2.53. The molecule has 0 aliphatic rings. The van der Waals surface area contributed by atoms with Gasteiger partial charge in [0.25, 0.3) is 11.4 Å². The van der Waals surface area contributed by atoms with Crippen molar-refractivity contribution in [3.8, 4) is 0 Å². The van der Waals surface area contributed by atoms with Crippen molar-refractivity contribution in [1.29, 1.82) is 0 Å². The average molecular weight is 323 g/mol. The van der Waals surface area contributed by atoms with Gasteiger partial charge in [-0.05, 0) is 24.3 Å². The molecule has 0 bridgehead atoms. The summed E-state index contributed by atoms with van der Waals surface area (Å²) in [4.78, 5) is 19.4. The average Bonchev–Trinajstić information content (AvgIpc) is 2.47. The SMILES string of the molecule is Nc1ccc(S(=O)(=O)c2ccc([N+](=O)[O-])cc2)cc1[N+](=O)[O-]. The van der Waals surface area contributed by atoms with E-state index in [-0.39, 0.29) is 21.2 Å². The normalized spacial score (nSPS) is 11.1. The second-order valence-electron chi connectivity index (χ2n) is 4.23. The predicted octanol–water partition coefficient (Wildman–Crippen LogP) is 1.92. The van der Waals surface area contributed by atoms with Gasteiger partial charge in [-0.3, -0.25) is 20.2 Å². The van der Waals surface area contributed by atoms with Gasteiger partial charge in [0.15, 0.2) is 0 Å². The number of rotatable bonds is 4. The van der Waals surface area contributed by atoms with Gasteiger partial charge in [-0.25, -0.2) is 8.42 Å². The third-order valence-electron chi connectivity index (χ3n) is 2.87. The van der Waals surface area contributed by atoms with Crippen LogP contribution in [0.4, 0.5) is 17.1 Å². The highest BCUT2D eigenvalue weighted by Gasteiger charge is 2.23. The van der Waals surface area contributed by atoms with Crippen LogP contribution in [0, 0.1) is 20.2 Å². The van der Waals surface area contributed by atoms with Crippen molar-refractivity contribution >= 4 is 26.9 Å². The Morgan fingerprint density at radius 1 is 0.864 bits per heavy atom. The summed E-state index contributed by atoms with van der Waals surface area (Å²) < 4.78 is 24.7. The van der Waals surface area contributed by atoms with Gasteiger partial charge in [-0.2, -0.15) is 0 Å². The van der Waals surface area contributed by atoms with Gasteiger partial charge in [-0.15, -0.1) is 0 Å². The number of hydrogen-bond donors (Lipinski definition) is 1. The fourth-order valence-electron chi connectivity index (χ4n) is 1.73. The number of hydrogen-bond acceptors (Lipinski definition) is 7. The highest BCUT2D eigenvalue weighted by Crippen LogP contribution is 2.29. The van der Waals surface area contributed by atoms with Crippen molar-refractivity contribution < 1.29 is 18.3 Å². The minimum atomic E-state index is -4.04. The summed E-state index contributed by atoms with van der Waals surface area (Å²) in [6, 6.07) is 7.32. The molecule has 2 aromatic carbocycles. The molecule has 22 heavy (non-hydrogen) atoms. The molecule has 0 heterocycles. The van der Waals surface area contributed by atoms with E-state index in [1.807, 2.05) is 0 Å². The van der Waals surface area contributed by atoms with Gasteiger partial charge in [0.1, 0.15) is 5.69 Å². The first-order valence-electron chi connectivity index (χ1n) is 5.77. The second-order valence-corrected chi connectivity index (χ2v) is 6.18. The number of nitro groups is 2. The molecular formula is C12H9N3O6S. The zero-order valence-corrected chi connectivity index (χ0v) is 11.7. The van der Waals surface area contributed by atoms with Gasteiger partial charge in [0, 0.05) is 18.2 Å². The molecule has 2 N–H and O–H groups in total. The van der Waals surface area contributed by atoms with Crippen molar-refractivity contribution in [2.45, 2.75) is 9.79 Å². The molecule has 0 saturated carbocycles. The zero-order chi connectivity index (χ0) is 16.5. The standard InChI is InChI=1S/C12H9N3O6S/c13-11-6-5-10(7-12(11)15(18)19)22(20,21)9-3-1-8(2-4-9)14(16)17/h1-7H,13H2. The summed E-state index contributed by atoms with van der Waals surface area (Å²) in [5.41, 5.74) is 4.47. The molecule has 0 amide bonds. The number of non-ortho nitro benzene ring substituents is 1. The van der Waals surface area contributed by atoms with Crippen LogP contribution in [-0.2, 0) is 9.84 Å². The van der Waals surface area contributed by atoms with E-state index < -0.39 is 25.4 Å². The molecule has 0 saturated heterocycles. The fourth-order valence-corrected chi connectivity index (χ4v) is 3.01. The van der Waals surface area contributed by atoms with E-state index in [2.05, 4.69) is 0 Å². The largest absolute Gasteiger partial charge is 0.393 e. The van der Waals surface area contributed by atoms with Crippen LogP contribution in [0.1, 0.15) is 0 Å². The van der Waals surface area contributed by atoms with E-state index in [1.165, 1.54) is 0 Å². The zero-order valence-electron chi connectivity index (χ0n) is 10.9. The summed E-state index contributed by atoms with van der Waals surface area (Å²) in [7, 11) is -4.04. The van der Waals surface area contributed by atoms with Crippen molar-refractivity contribution in [3.63, 3.8) is 0 Å². The first-order chi connectivity index (χ1) is 10.2. The number of nitro benzene ring substituents is 2. The van der Waals surface area contributed by atoms with Gasteiger partial charge >= 0.3 is 0 Å². The smallest absolute Gasteiger partial charge is 0.293 e. The van der Waals surface area contributed by atoms with Crippen molar-refractivity contribution in [1.82, 2.24) is 0 Å². The quantitative estimate of drug-likeness (QED) is 0.513. The van der Waals surface area contributed by atoms with E-state index in [0.29, 0.717) is 0 Å². The summed E-state index contributed by atoms with van der Waals surface area (Å²) in [5.74, 6) is 0. The molecule has 0 aromatic heterocycles. The highest BCUT2D eigenvalue weighted by molar-refractivity contribution is 7.91. The number of nitrogen functional groups attached to an aromatic ring is 1. The molecule has 0 aliphatic carbocycles. The first-order valence-corrected chi connectivity index (χ1v) is 7.25. The van der Waals surface area contributed by atoms with Crippen LogP contribution >= 0.6 is 0 Å². The third kappa shape index (κ3) is 2.72. The molecule has 10 heteroatoms. The van der Waals surface area contributed by atoms with E-state index in [0.717, 1.165) is 42.5 Å². The van der Waals surface area contributed by atoms with Crippen LogP contribution in [0.2, 0.25) is 0 Å². The molecule has 0 unspecified atom stereocenters. The second kappa shape index (κ2) is 5.41. The minimum absolute atomic E-state index is 0.160. The van der Waals surface area contributed by atoms with E-state index in [1.54, 1.807) is 0 Å². The maximum absolute atomic E-state index is 12.4. The number of benzene rings is 2. The monoisotopic (exact) mass is 323 g/mol. The van der Waals surface area contributed by atoms with Crippen LogP contribution in [0.3, 0.4) is 0 Å². The lowest BCUT2D eigenvalue weighted by atomic mass is 10.3. The van der Waals surface area contributed by atoms with Crippen molar-refractivity contribution in [2.24, 2.45) is 0 Å². The Hall–Kier alpha value is -3.01. The predicted molar refractivity (Wildman–Crippen MR) is 76.1 cm³/mol. The van der Waals surface area contributed by atoms with Crippen LogP contribution in [0.25, 0.3) is 0 Å². The fraction of sp³-hybridized carbons (Fsp3) is 0. The van der Waals surface area contributed by atoms with Crippen molar-refractivity contribution in [3.05, 3.63) is 62.7 Å². The number of sulfone groups is 1. The van der Waals surface area contributed by atoms with E-state index in [4.69, 9.17) is 5.73 Å². The number of nitrogens with two attached hydrogens (primary N) is 1. The molecule has 0 radical (unpaired) electrons. The molecule has 0 fully saturated rings. The maximum Gasteiger partial charge on any atom is 0.293 e. The Morgan fingerprint density at radius 2 is 1.41 bits per heavy atom. The molecule has 2 aromatic rings. The van der Waals surface area contributed by atoms with E-state index in [9.17, 15) is 28.6 Å². The minimum Gasteiger partial charge on any atom is -0.393 e. The lowest BCUT2D eigenvalue weighted by Gasteiger charge is -2.05. The summed E-state index contributed by atoms with van der Waals surface area (Å²) in [5, 5.41) is 21.4. The summed E-state index contributed by atoms with van der Waals surface area (Å²) >= 11 is 0.